The summed E-state index contributed by atoms with van der Waals surface area (Å²) >= 11 is 0. The lowest BCUT2D eigenvalue weighted by molar-refractivity contribution is -0.125. The van der Waals surface area contributed by atoms with Gasteiger partial charge in [-0.25, -0.2) is 4.39 Å². The molecule has 2 fully saturated rings. The molecule has 0 atom stereocenters. The van der Waals surface area contributed by atoms with Gasteiger partial charge in [0.15, 0.2) is 5.76 Å². The highest BCUT2D eigenvalue weighted by atomic mass is 35.5. The van der Waals surface area contributed by atoms with Gasteiger partial charge >= 0.3 is 0 Å². The van der Waals surface area contributed by atoms with Crippen LogP contribution in [-0.2, 0) is 4.79 Å². The van der Waals surface area contributed by atoms with Crippen molar-refractivity contribution in [2.75, 3.05) is 37.7 Å². The summed E-state index contributed by atoms with van der Waals surface area (Å²) in [5.41, 5.74) is 0.255. The van der Waals surface area contributed by atoms with Crippen molar-refractivity contribution in [3.05, 3.63) is 54.2 Å². The average molecular weight is 423 g/mol. The number of anilines is 1. The van der Waals surface area contributed by atoms with Crippen LogP contribution < -0.4 is 15.5 Å². The van der Waals surface area contributed by atoms with Gasteiger partial charge in [0.1, 0.15) is 11.4 Å². The van der Waals surface area contributed by atoms with E-state index >= 15 is 0 Å². The second kappa shape index (κ2) is 8.84. The van der Waals surface area contributed by atoms with Crippen molar-refractivity contribution in [3.63, 3.8) is 0 Å². The number of piperidine rings is 1. The minimum absolute atomic E-state index is 0. The Bertz CT molecular complexity index is 836. The molecule has 0 aliphatic carbocycles. The van der Waals surface area contributed by atoms with Crippen LogP contribution in [0.2, 0.25) is 0 Å². The highest BCUT2D eigenvalue weighted by Crippen LogP contribution is 2.36. The minimum Gasteiger partial charge on any atom is -0.459 e. The van der Waals surface area contributed by atoms with Crippen LogP contribution >= 0.6 is 12.4 Å². The monoisotopic (exact) mass is 422 g/mol. The van der Waals surface area contributed by atoms with Crippen molar-refractivity contribution in [2.24, 2.45) is 0 Å². The molecule has 0 saturated carbocycles. The molecule has 7 nitrogen and oxygen atoms in total. The molecule has 2 aliphatic heterocycles. The number of likely N-dealkylation sites (tertiary alicyclic amines) is 1. The van der Waals surface area contributed by atoms with Gasteiger partial charge < -0.3 is 24.9 Å². The summed E-state index contributed by atoms with van der Waals surface area (Å²) in [4.78, 5) is 28.8. The maximum absolute atomic E-state index is 13.3. The van der Waals surface area contributed by atoms with Crippen molar-refractivity contribution in [2.45, 2.75) is 18.4 Å². The number of benzene rings is 1. The van der Waals surface area contributed by atoms with E-state index in [1.165, 1.54) is 18.4 Å². The summed E-state index contributed by atoms with van der Waals surface area (Å²) in [7, 11) is 0. The molecule has 0 bridgehead atoms. The molecular weight excluding hydrogens is 399 g/mol. The average Bonchev–Trinajstić information content (AvgIpc) is 3.34. The number of rotatable bonds is 5. The Morgan fingerprint density at radius 2 is 1.93 bits per heavy atom. The normalized spacial score (nSPS) is 18.4. The molecule has 2 aliphatic rings. The predicted molar refractivity (Wildman–Crippen MR) is 109 cm³/mol. The Morgan fingerprint density at radius 3 is 2.59 bits per heavy atom. The largest absolute Gasteiger partial charge is 0.459 e. The first-order valence-electron chi connectivity index (χ1n) is 9.44. The van der Waals surface area contributed by atoms with E-state index < -0.39 is 5.54 Å². The highest BCUT2D eigenvalue weighted by molar-refractivity contribution is 5.93. The van der Waals surface area contributed by atoms with Crippen LogP contribution in [0.15, 0.2) is 47.1 Å². The lowest BCUT2D eigenvalue weighted by Crippen LogP contribution is -2.57. The van der Waals surface area contributed by atoms with Crippen LogP contribution in [-0.4, -0.2) is 55.1 Å². The van der Waals surface area contributed by atoms with Crippen molar-refractivity contribution in [1.29, 1.82) is 0 Å². The third-order valence-electron chi connectivity index (χ3n) is 5.62. The third kappa shape index (κ3) is 4.23. The molecule has 0 unspecified atom stereocenters. The zero-order valence-corrected chi connectivity index (χ0v) is 16.7. The highest BCUT2D eigenvalue weighted by Gasteiger charge is 2.50. The molecule has 0 radical (unpaired) electrons. The first kappa shape index (κ1) is 21.1. The molecule has 2 aromatic rings. The van der Waals surface area contributed by atoms with Crippen LogP contribution in [0.3, 0.4) is 0 Å². The van der Waals surface area contributed by atoms with Crippen LogP contribution in [0.1, 0.15) is 23.4 Å². The van der Waals surface area contributed by atoms with Crippen LogP contribution in [0.25, 0.3) is 0 Å². The second-order valence-corrected chi connectivity index (χ2v) is 7.17. The van der Waals surface area contributed by atoms with Crippen molar-refractivity contribution in [1.82, 2.24) is 15.5 Å². The number of hydrogen-bond acceptors (Lipinski definition) is 5. The number of nitrogens with zero attached hydrogens (tertiary/aromatic N) is 2. The Morgan fingerprint density at radius 1 is 1.21 bits per heavy atom. The minimum atomic E-state index is -0.592. The van der Waals surface area contributed by atoms with Gasteiger partial charge in [0.2, 0.25) is 5.91 Å². The first-order chi connectivity index (χ1) is 13.6. The summed E-state index contributed by atoms with van der Waals surface area (Å²) in [6.07, 6.45) is 2.84. The van der Waals surface area contributed by atoms with E-state index in [-0.39, 0.29) is 30.0 Å². The summed E-state index contributed by atoms with van der Waals surface area (Å²) in [6.45, 7) is 3.16. The fourth-order valence-corrected chi connectivity index (χ4v) is 4.01. The molecule has 156 valence electrons. The van der Waals surface area contributed by atoms with Gasteiger partial charge in [-0.05, 0) is 49.2 Å². The Kier molecular flexibility index (Phi) is 6.44. The first-order valence-corrected chi connectivity index (χ1v) is 9.44. The van der Waals surface area contributed by atoms with E-state index in [9.17, 15) is 14.0 Å². The van der Waals surface area contributed by atoms with E-state index in [4.69, 9.17) is 4.42 Å². The number of hydrogen-bond donors (Lipinski definition) is 2. The topological polar surface area (TPSA) is 77.8 Å². The van der Waals surface area contributed by atoms with Crippen LogP contribution in [0.5, 0.6) is 0 Å². The van der Waals surface area contributed by atoms with E-state index in [2.05, 4.69) is 15.5 Å². The lowest BCUT2D eigenvalue weighted by atomic mass is 9.85. The van der Waals surface area contributed by atoms with E-state index in [0.717, 1.165) is 18.8 Å². The summed E-state index contributed by atoms with van der Waals surface area (Å²) < 4.78 is 18.3. The molecule has 2 amide bonds. The van der Waals surface area contributed by atoms with E-state index in [1.54, 1.807) is 24.3 Å². The second-order valence-electron chi connectivity index (χ2n) is 7.17. The van der Waals surface area contributed by atoms with Crippen LogP contribution in [0, 0.1) is 5.82 Å². The lowest BCUT2D eigenvalue weighted by Gasteiger charge is -2.43. The van der Waals surface area contributed by atoms with Crippen LogP contribution in [0.4, 0.5) is 10.1 Å². The van der Waals surface area contributed by atoms with Crippen molar-refractivity contribution < 1.29 is 18.4 Å². The molecule has 2 saturated heterocycles. The number of furan rings is 1. The van der Waals surface area contributed by atoms with Gasteiger partial charge in [0, 0.05) is 31.9 Å². The van der Waals surface area contributed by atoms with Gasteiger partial charge in [-0.1, -0.05) is 0 Å². The molecule has 1 aromatic heterocycles. The summed E-state index contributed by atoms with van der Waals surface area (Å²) in [5, 5.41) is 5.78. The van der Waals surface area contributed by atoms with Gasteiger partial charge in [0.25, 0.3) is 5.91 Å². The Balaban J connectivity index is 0.00000240. The Labute approximate surface area is 174 Å². The molecule has 2 N–H and O–H groups in total. The SMILES string of the molecule is Cl.O=C(NCCN1CCC2(CC1)C(=O)NCN2c1ccc(F)cc1)c1ccco1. The standard InChI is InChI=1S/C20H23FN4O3.ClH/c21-15-3-5-16(6-4-15)25-14-23-19(27)20(25)7-10-24(11-8-20)12-9-22-18(26)17-2-1-13-28-17;/h1-6,13H,7-12,14H2,(H,22,26)(H,23,27);1H. The van der Waals surface area contributed by atoms with Gasteiger partial charge in [-0.3, -0.25) is 9.59 Å². The zero-order chi connectivity index (χ0) is 19.6. The number of carbonyl (C=O) groups excluding carboxylic acids is 2. The fraction of sp³-hybridized carbons (Fsp3) is 0.400. The van der Waals surface area contributed by atoms with Crippen molar-refractivity contribution in [3.8, 4) is 0 Å². The maximum atomic E-state index is 13.3. The maximum Gasteiger partial charge on any atom is 0.287 e. The van der Waals surface area contributed by atoms with Gasteiger partial charge in [0.05, 0.1) is 12.9 Å². The molecule has 4 rings (SSSR count). The van der Waals surface area contributed by atoms with E-state index in [1.807, 2.05) is 4.90 Å². The summed E-state index contributed by atoms with van der Waals surface area (Å²) in [6, 6.07) is 9.58. The molecule has 29 heavy (non-hydrogen) atoms. The van der Waals surface area contributed by atoms with Crippen molar-refractivity contribution >= 4 is 29.9 Å². The molecule has 9 heteroatoms. The fourth-order valence-electron chi connectivity index (χ4n) is 4.01. The number of carbonyl (C=O) groups is 2. The number of amides is 2. The number of halogens is 2. The molecular formula is C20H24ClFN4O3. The van der Waals surface area contributed by atoms with Gasteiger partial charge in [-0.2, -0.15) is 0 Å². The summed E-state index contributed by atoms with van der Waals surface area (Å²) in [5.74, 6) is -0.184. The smallest absolute Gasteiger partial charge is 0.287 e. The zero-order valence-electron chi connectivity index (χ0n) is 15.9. The molecule has 1 aromatic carbocycles. The third-order valence-corrected chi connectivity index (χ3v) is 5.62. The molecule has 3 heterocycles. The Hall–Kier alpha value is -2.58. The quantitative estimate of drug-likeness (QED) is 0.770. The van der Waals surface area contributed by atoms with Gasteiger partial charge in [-0.15, -0.1) is 12.4 Å². The number of nitrogens with one attached hydrogen (secondary N) is 2. The van der Waals surface area contributed by atoms with E-state index in [0.29, 0.717) is 38.4 Å². The predicted octanol–water partition coefficient (Wildman–Crippen LogP) is 2.00. The molecule has 1 spiro atoms.